The predicted octanol–water partition coefficient (Wildman–Crippen LogP) is 1.94. The van der Waals surface area contributed by atoms with Crippen LogP contribution in [0.1, 0.15) is 10.5 Å². The highest BCUT2D eigenvalue weighted by Gasteiger charge is 2.15. The van der Waals surface area contributed by atoms with Gasteiger partial charge in [-0.3, -0.25) is 4.79 Å². The number of aromatic nitrogens is 1. The first-order chi connectivity index (χ1) is 8.22. The monoisotopic (exact) mass is 268 g/mol. The summed E-state index contributed by atoms with van der Waals surface area (Å²) in [6.45, 7) is 0.287. The Labute approximate surface area is 107 Å². The van der Waals surface area contributed by atoms with E-state index in [1.807, 2.05) is 17.5 Å². The Morgan fingerprint density at radius 1 is 1.53 bits per heavy atom. The quantitative estimate of drug-likeness (QED) is 0.922. The lowest BCUT2D eigenvalue weighted by molar-refractivity contribution is 0.0762. The average Bonchev–Trinajstić information content (AvgIpc) is 2.98. The molecule has 1 N–H and O–H groups in total. The van der Waals surface area contributed by atoms with Crippen molar-refractivity contribution in [1.29, 1.82) is 0 Å². The van der Waals surface area contributed by atoms with Crippen LogP contribution in [-0.4, -0.2) is 41.1 Å². The Bertz CT molecular complexity index is 493. The van der Waals surface area contributed by atoms with Crippen molar-refractivity contribution in [2.45, 2.75) is 0 Å². The molecule has 0 aliphatic carbocycles. The minimum atomic E-state index is -0.155. The highest BCUT2D eigenvalue weighted by molar-refractivity contribution is 7.20. The van der Waals surface area contributed by atoms with E-state index in [4.69, 9.17) is 5.11 Å². The molecule has 0 unspecified atom stereocenters. The Morgan fingerprint density at radius 3 is 3.00 bits per heavy atom. The minimum absolute atomic E-state index is 0.0375. The highest BCUT2D eigenvalue weighted by Crippen LogP contribution is 2.27. The molecular formula is C11H12N2O2S2. The van der Waals surface area contributed by atoms with E-state index in [-0.39, 0.29) is 12.5 Å². The van der Waals surface area contributed by atoms with Crippen LogP contribution in [0.3, 0.4) is 0 Å². The number of thiophene rings is 1. The van der Waals surface area contributed by atoms with E-state index < -0.39 is 0 Å². The van der Waals surface area contributed by atoms with Crippen molar-refractivity contribution >= 4 is 28.6 Å². The van der Waals surface area contributed by atoms with Gasteiger partial charge in [0.25, 0.3) is 5.91 Å². The highest BCUT2D eigenvalue weighted by atomic mass is 32.1. The van der Waals surface area contributed by atoms with E-state index in [0.29, 0.717) is 12.2 Å². The fourth-order valence-corrected chi connectivity index (χ4v) is 2.94. The molecular weight excluding hydrogens is 256 g/mol. The number of aliphatic hydroxyl groups is 1. The van der Waals surface area contributed by atoms with Gasteiger partial charge < -0.3 is 10.0 Å². The summed E-state index contributed by atoms with van der Waals surface area (Å²) in [5.74, 6) is -0.155. The summed E-state index contributed by atoms with van der Waals surface area (Å²) < 4.78 is 0. The van der Waals surface area contributed by atoms with Gasteiger partial charge in [-0.05, 0) is 11.4 Å². The van der Waals surface area contributed by atoms with Crippen molar-refractivity contribution in [3.05, 3.63) is 28.6 Å². The van der Waals surface area contributed by atoms with Gasteiger partial charge in [0.1, 0.15) is 10.7 Å². The first kappa shape index (κ1) is 12.2. The zero-order valence-electron chi connectivity index (χ0n) is 9.29. The van der Waals surface area contributed by atoms with Crippen molar-refractivity contribution in [1.82, 2.24) is 9.88 Å². The van der Waals surface area contributed by atoms with Gasteiger partial charge in [-0.15, -0.1) is 22.7 Å². The van der Waals surface area contributed by atoms with Crippen molar-refractivity contribution < 1.29 is 9.90 Å². The van der Waals surface area contributed by atoms with E-state index in [1.54, 1.807) is 23.8 Å². The molecule has 0 radical (unpaired) electrons. The molecule has 0 saturated heterocycles. The molecule has 2 rings (SSSR count). The van der Waals surface area contributed by atoms with Crippen LogP contribution in [0.25, 0.3) is 9.88 Å². The van der Waals surface area contributed by atoms with Crippen molar-refractivity contribution in [3.8, 4) is 9.88 Å². The molecule has 0 spiro atoms. The molecule has 0 bridgehead atoms. The lowest BCUT2D eigenvalue weighted by atomic mass is 10.4. The smallest absolute Gasteiger partial charge is 0.273 e. The molecule has 2 heterocycles. The van der Waals surface area contributed by atoms with Crippen LogP contribution < -0.4 is 0 Å². The second-order valence-electron chi connectivity index (χ2n) is 3.47. The van der Waals surface area contributed by atoms with Crippen molar-refractivity contribution in [2.24, 2.45) is 0 Å². The van der Waals surface area contributed by atoms with Crippen LogP contribution in [0.5, 0.6) is 0 Å². The fourth-order valence-electron chi connectivity index (χ4n) is 1.33. The van der Waals surface area contributed by atoms with Crippen molar-refractivity contribution in [2.75, 3.05) is 20.2 Å². The Hall–Kier alpha value is -1.24. The molecule has 6 heteroatoms. The van der Waals surface area contributed by atoms with Crippen molar-refractivity contribution in [3.63, 3.8) is 0 Å². The first-order valence-corrected chi connectivity index (χ1v) is 6.84. The molecule has 17 heavy (non-hydrogen) atoms. The summed E-state index contributed by atoms with van der Waals surface area (Å²) in [6.07, 6.45) is 0. The number of hydrogen-bond donors (Lipinski definition) is 1. The number of amides is 1. The number of nitrogens with zero attached hydrogens (tertiary/aromatic N) is 2. The maximum absolute atomic E-state index is 11.9. The number of hydrogen-bond acceptors (Lipinski definition) is 5. The second-order valence-corrected chi connectivity index (χ2v) is 5.27. The number of carbonyl (C=O) groups excluding carboxylic acids is 1. The van der Waals surface area contributed by atoms with Gasteiger partial charge in [0, 0.05) is 19.0 Å². The first-order valence-electron chi connectivity index (χ1n) is 5.08. The van der Waals surface area contributed by atoms with E-state index in [0.717, 1.165) is 9.88 Å². The van der Waals surface area contributed by atoms with E-state index in [9.17, 15) is 4.79 Å². The normalized spacial score (nSPS) is 10.5. The van der Waals surface area contributed by atoms with Crippen LogP contribution >= 0.6 is 22.7 Å². The molecule has 90 valence electrons. The summed E-state index contributed by atoms with van der Waals surface area (Å²) >= 11 is 3.06. The number of likely N-dealkylation sites (N-methyl/N-ethyl adjacent to an activating group) is 1. The Kier molecular flexibility index (Phi) is 3.88. The number of aliphatic hydroxyl groups excluding tert-OH is 1. The van der Waals surface area contributed by atoms with Gasteiger partial charge in [-0.2, -0.15) is 0 Å². The van der Waals surface area contributed by atoms with Crippen LogP contribution in [0, 0.1) is 0 Å². The maximum Gasteiger partial charge on any atom is 0.273 e. The minimum Gasteiger partial charge on any atom is -0.395 e. The number of rotatable bonds is 4. The molecule has 4 nitrogen and oxygen atoms in total. The molecule has 0 aromatic carbocycles. The van der Waals surface area contributed by atoms with E-state index in [2.05, 4.69) is 4.98 Å². The van der Waals surface area contributed by atoms with E-state index in [1.165, 1.54) is 16.2 Å². The molecule has 0 aliphatic heterocycles. The maximum atomic E-state index is 11.9. The van der Waals surface area contributed by atoms with Crippen LogP contribution in [0.4, 0.5) is 0 Å². The SMILES string of the molecule is CN(CCO)C(=O)c1csc(-c2cccs2)n1. The average molecular weight is 268 g/mol. The summed E-state index contributed by atoms with van der Waals surface area (Å²) in [7, 11) is 1.66. The third kappa shape index (κ3) is 2.71. The van der Waals surface area contributed by atoms with Crippen LogP contribution in [0.2, 0.25) is 0 Å². The van der Waals surface area contributed by atoms with Crippen LogP contribution in [-0.2, 0) is 0 Å². The van der Waals surface area contributed by atoms with Gasteiger partial charge in [0.15, 0.2) is 0 Å². The molecule has 2 aromatic rings. The molecule has 1 amide bonds. The largest absolute Gasteiger partial charge is 0.395 e. The van der Waals surface area contributed by atoms with Gasteiger partial charge in [0.2, 0.25) is 0 Å². The van der Waals surface area contributed by atoms with Gasteiger partial charge in [-0.1, -0.05) is 6.07 Å². The zero-order chi connectivity index (χ0) is 12.3. The second kappa shape index (κ2) is 5.39. The molecule has 0 atom stereocenters. The summed E-state index contributed by atoms with van der Waals surface area (Å²) in [5, 5.41) is 13.4. The van der Waals surface area contributed by atoms with Gasteiger partial charge in [-0.25, -0.2) is 4.98 Å². The summed E-state index contributed by atoms with van der Waals surface area (Å²) in [6, 6.07) is 3.94. The standard InChI is InChI=1S/C11H12N2O2S2/c1-13(4-5-14)11(15)8-7-17-10(12-8)9-3-2-6-16-9/h2-3,6-7,14H,4-5H2,1H3. The van der Waals surface area contributed by atoms with Gasteiger partial charge in [0.05, 0.1) is 11.5 Å². The third-order valence-corrected chi connectivity index (χ3v) is 4.12. The topological polar surface area (TPSA) is 53.4 Å². The van der Waals surface area contributed by atoms with Crippen LogP contribution in [0.15, 0.2) is 22.9 Å². The molecule has 0 saturated carbocycles. The number of carbonyl (C=O) groups is 1. The lowest BCUT2D eigenvalue weighted by Gasteiger charge is -2.13. The summed E-state index contributed by atoms with van der Waals surface area (Å²) in [4.78, 5) is 18.7. The molecule has 0 aliphatic rings. The zero-order valence-corrected chi connectivity index (χ0v) is 10.9. The van der Waals surface area contributed by atoms with Gasteiger partial charge >= 0.3 is 0 Å². The Balaban J connectivity index is 2.16. The Morgan fingerprint density at radius 2 is 2.35 bits per heavy atom. The molecule has 2 aromatic heterocycles. The summed E-state index contributed by atoms with van der Waals surface area (Å²) in [5.41, 5.74) is 0.439. The third-order valence-electron chi connectivity index (χ3n) is 2.24. The molecule has 0 fully saturated rings. The number of thiazole rings is 1. The predicted molar refractivity (Wildman–Crippen MR) is 69.5 cm³/mol. The fraction of sp³-hybridized carbons (Fsp3) is 0.273. The lowest BCUT2D eigenvalue weighted by Crippen LogP contribution is -2.29. The van der Waals surface area contributed by atoms with E-state index >= 15 is 0 Å².